The minimum absolute atomic E-state index is 0.136. The third-order valence-electron chi connectivity index (χ3n) is 6.60. The van der Waals surface area contributed by atoms with Gasteiger partial charge in [0.2, 0.25) is 0 Å². The zero-order valence-electron chi connectivity index (χ0n) is 20.7. The SMILES string of the molecule is O=C(O)c1ccc(S(=O)(=O)N(Cc2ccc3c(cnn3C3CCOCC3)c2)c2ncc(C(F)(F)F)cc2Cl)cc1. The summed E-state index contributed by atoms with van der Waals surface area (Å²) in [5.74, 6) is -1.65. The highest BCUT2D eigenvalue weighted by atomic mass is 35.5. The van der Waals surface area contributed by atoms with Crippen molar-refractivity contribution in [2.24, 2.45) is 0 Å². The Kier molecular flexibility index (Phi) is 7.46. The lowest BCUT2D eigenvalue weighted by molar-refractivity contribution is -0.137. The molecule has 9 nitrogen and oxygen atoms in total. The lowest BCUT2D eigenvalue weighted by Crippen LogP contribution is -2.32. The van der Waals surface area contributed by atoms with E-state index in [1.807, 2.05) is 4.68 Å². The van der Waals surface area contributed by atoms with Gasteiger partial charge in [0.1, 0.15) is 0 Å². The fraction of sp³-hybridized carbons (Fsp3) is 0.269. The summed E-state index contributed by atoms with van der Waals surface area (Å²) in [5.41, 5.74) is 0.0806. The minimum Gasteiger partial charge on any atom is -0.478 e. The van der Waals surface area contributed by atoms with Crippen molar-refractivity contribution in [1.82, 2.24) is 14.8 Å². The quantitative estimate of drug-likeness (QED) is 0.298. The molecule has 3 heterocycles. The molecular weight excluding hydrogens is 573 g/mol. The summed E-state index contributed by atoms with van der Waals surface area (Å²) in [4.78, 5) is 14.7. The molecule has 0 saturated carbocycles. The van der Waals surface area contributed by atoms with E-state index in [9.17, 15) is 26.4 Å². The van der Waals surface area contributed by atoms with Crippen LogP contribution in [0.4, 0.5) is 19.0 Å². The molecule has 0 spiro atoms. The van der Waals surface area contributed by atoms with Gasteiger partial charge in [-0.25, -0.2) is 22.5 Å². The number of hydrogen-bond acceptors (Lipinski definition) is 6. The molecule has 210 valence electrons. The second kappa shape index (κ2) is 10.7. The number of aromatic nitrogens is 3. The van der Waals surface area contributed by atoms with E-state index in [4.69, 9.17) is 21.4 Å². The second-order valence-corrected chi connectivity index (χ2v) is 11.5. The third-order valence-corrected chi connectivity index (χ3v) is 8.63. The van der Waals surface area contributed by atoms with Crippen molar-refractivity contribution in [3.05, 3.63) is 82.6 Å². The number of nitrogens with zero attached hydrogens (tertiary/aromatic N) is 4. The molecule has 0 bridgehead atoms. The zero-order chi connectivity index (χ0) is 28.7. The lowest BCUT2D eigenvalue weighted by Gasteiger charge is -2.25. The number of alkyl halides is 3. The average Bonchev–Trinajstić information content (AvgIpc) is 3.35. The predicted molar refractivity (Wildman–Crippen MR) is 140 cm³/mol. The van der Waals surface area contributed by atoms with E-state index in [0.29, 0.717) is 31.0 Å². The van der Waals surface area contributed by atoms with Crippen LogP contribution >= 0.6 is 11.6 Å². The highest BCUT2D eigenvalue weighted by molar-refractivity contribution is 7.92. The largest absolute Gasteiger partial charge is 0.478 e. The molecule has 1 saturated heterocycles. The third kappa shape index (κ3) is 5.49. The van der Waals surface area contributed by atoms with Gasteiger partial charge < -0.3 is 9.84 Å². The first-order chi connectivity index (χ1) is 18.9. The Balaban J connectivity index is 1.55. The Hall–Kier alpha value is -3.68. The molecule has 1 aliphatic heterocycles. The van der Waals surface area contributed by atoms with E-state index < -0.39 is 38.6 Å². The van der Waals surface area contributed by atoms with Crippen LogP contribution in [0.5, 0.6) is 0 Å². The Bertz CT molecular complexity index is 1670. The maximum Gasteiger partial charge on any atom is 0.417 e. The van der Waals surface area contributed by atoms with Crippen molar-refractivity contribution in [1.29, 1.82) is 0 Å². The molecular formula is C26H22ClF3N4O5S. The normalized spacial score (nSPS) is 14.9. The maximum atomic E-state index is 13.8. The summed E-state index contributed by atoms with van der Waals surface area (Å²) in [5, 5.41) is 13.9. The summed E-state index contributed by atoms with van der Waals surface area (Å²) in [7, 11) is -4.45. The molecule has 4 aromatic rings. The number of anilines is 1. The Morgan fingerprint density at radius 1 is 1.10 bits per heavy atom. The number of carbonyl (C=O) groups is 1. The summed E-state index contributed by atoms with van der Waals surface area (Å²) < 4.78 is 75.4. The van der Waals surface area contributed by atoms with Crippen LogP contribution in [0.15, 0.2) is 65.8 Å². The number of hydrogen-bond donors (Lipinski definition) is 1. The lowest BCUT2D eigenvalue weighted by atomic mass is 10.1. The van der Waals surface area contributed by atoms with Crippen molar-refractivity contribution >= 4 is 44.3 Å². The average molecular weight is 595 g/mol. The first-order valence-corrected chi connectivity index (χ1v) is 13.9. The van der Waals surface area contributed by atoms with Gasteiger partial charge in [-0.15, -0.1) is 0 Å². The Labute approximate surface area is 231 Å². The van der Waals surface area contributed by atoms with Gasteiger partial charge in [0.05, 0.1) is 45.3 Å². The molecule has 0 unspecified atom stereocenters. The zero-order valence-corrected chi connectivity index (χ0v) is 22.2. The van der Waals surface area contributed by atoms with E-state index in [-0.39, 0.29) is 23.0 Å². The van der Waals surface area contributed by atoms with Crippen molar-refractivity contribution in [3.63, 3.8) is 0 Å². The highest BCUT2D eigenvalue weighted by Gasteiger charge is 2.34. The van der Waals surface area contributed by atoms with Crippen molar-refractivity contribution in [3.8, 4) is 0 Å². The summed E-state index contributed by atoms with van der Waals surface area (Å²) in [6.07, 6.45) is -0.937. The molecule has 40 heavy (non-hydrogen) atoms. The van der Waals surface area contributed by atoms with Crippen LogP contribution in [0.3, 0.4) is 0 Å². The van der Waals surface area contributed by atoms with Crippen LogP contribution in [0.25, 0.3) is 10.9 Å². The number of benzene rings is 2. The molecule has 0 amide bonds. The summed E-state index contributed by atoms with van der Waals surface area (Å²) in [6, 6.07) is 10.5. The molecule has 14 heteroatoms. The second-order valence-electron chi connectivity index (χ2n) is 9.19. The molecule has 5 rings (SSSR count). The van der Waals surface area contributed by atoms with E-state index in [2.05, 4.69) is 10.1 Å². The molecule has 2 aromatic heterocycles. The van der Waals surface area contributed by atoms with E-state index in [1.54, 1.807) is 24.4 Å². The first kappa shape index (κ1) is 27.9. The van der Waals surface area contributed by atoms with Crippen LogP contribution in [0, 0.1) is 0 Å². The van der Waals surface area contributed by atoms with Crippen molar-refractivity contribution in [2.45, 2.75) is 36.5 Å². The molecule has 0 aliphatic carbocycles. The van der Waals surface area contributed by atoms with Crippen LogP contribution in [-0.4, -0.2) is 47.5 Å². The standard InChI is InChI=1S/C26H22ClF3N4O5S/c27-22-12-19(26(28,29)30)14-31-24(22)33(40(37,38)21-4-2-17(3-5-21)25(35)36)15-16-1-6-23-18(11-16)13-32-34(23)20-7-9-39-10-8-20/h1-6,11-14,20H,7-10,15H2,(H,35,36). The van der Waals surface area contributed by atoms with Gasteiger partial charge >= 0.3 is 12.1 Å². The van der Waals surface area contributed by atoms with E-state index in [0.717, 1.165) is 52.3 Å². The molecule has 1 fully saturated rings. The predicted octanol–water partition coefficient (Wildman–Crippen LogP) is 5.55. The molecule has 0 radical (unpaired) electrons. The van der Waals surface area contributed by atoms with Gasteiger partial charge in [-0.05, 0) is 60.9 Å². The number of fused-ring (bicyclic) bond motifs is 1. The maximum absolute atomic E-state index is 13.8. The Morgan fingerprint density at radius 3 is 2.42 bits per heavy atom. The van der Waals surface area contributed by atoms with Crippen LogP contribution in [-0.2, 0) is 27.5 Å². The number of halogens is 4. The minimum atomic E-state index is -4.73. The van der Waals surface area contributed by atoms with Crippen molar-refractivity contribution in [2.75, 3.05) is 17.5 Å². The van der Waals surface area contributed by atoms with Gasteiger partial charge in [0, 0.05) is 24.8 Å². The number of pyridine rings is 1. The highest BCUT2D eigenvalue weighted by Crippen LogP contribution is 2.36. The van der Waals surface area contributed by atoms with Gasteiger partial charge in [0.15, 0.2) is 5.82 Å². The monoisotopic (exact) mass is 594 g/mol. The molecule has 1 aliphatic rings. The number of ether oxygens (including phenoxy) is 1. The fourth-order valence-electron chi connectivity index (χ4n) is 4.53. The van der Waals surface area contributed by atoms with Crippen molar-refractivity contribution < 1.29 is 36.2 Å². The van der Waals surface area contributed by atoms with E-state index >= 15 is 0 Å². The van der Waals surface area contributed by atoms with Gasteiger partial charge in [0.25, 0.3) is 10.0 Å². The topological polar surface area (TPSA) is 115 Å². The smallest absolute Gasteiger partial charge is 0.417 e. The number of sulfonamides is 1. The fourth-order valence-corrected chi connectivity index (χ4v) is 6.27. The van der Waals surface area contributed by atoms with E-state index in [1.165, 1.54) is 0 Å². The number of rotatable bonds is 7. The van der Waals surface area contributed by atoms with Crippen LogP contribution in [0.2, 0.25) is 5.02 Å². The molecule has 2 aromatic carbocycles. The number of aromatic carboxylic acids is 1. The van der Waals surface area contributed by atoms with Gasteiger partial charge in [-0.2, -0.15) is 18.3 Å². The number of carboxylic acid groups (broad SMARTS) is 1. The number of carboxylic acids is 1. The van der Waals surface area contributed by atoms with Crippen LogP contribution < -0.4 is 4.31 Å². The summed E-state index contributed by atoms with van der Waals surface area (Å²) >= 11 is 6.17. The van der Waals surface area contributed by atoms with Gasteiger partial charge in [-0.1, -0.05) is 17.7 Å². The van der Waals surface area contributed by atoms with Crippen LogP contribution in [0.1, 0.15) is 40.4 Å². The molecule has 1 N–H and O–H groups in total. The Morgan fingerprint density at radius 2 is 1.80 bits per heavy atom. The summed E-state index contributed by atoms with van der Waals surface area (Å²) in [6.45, 7) is 0.940. The first-order valence-electron chi connectivity index (χ1n) is 12.1. The molecule has 0 atom stereocenters. The van der Waals surface area contributed by atoms with Gasteiger partial charge in [-0.3, -0.25) is 4.68 Å².